The minimum Gasteiger partial charge on any atom is -0.302 e. The third kappa shape index (κ3) is 3.80. The molecule has 1 atom stereocenters. The zero-order chi connectivity index (χ0) is 8.10. The summed E-state index contributed by atoms with van der Waals surface area (Å²) in [6.45, 7) is 3.62. The monoisotopic (exact) mass is 282 g/mol. The molecule has 0 spiro atoms. The van der Waals surface area contributed by atoms with E-state index in [1.807, 2.05) is 0 Å². The molecule has 3 heteroatoms. The second-order valence-corrected chi connectivity index (χ2v) is 4.69. The van der Waals surface area contributed by atoms with Crippen molar-refractivity contribution in [2.45, 2.75) is 23.2 Å². The first-order chi connectivity index (χ1) is 5.33. The van der Waals surface area contributed by atoms with Crippen LogP contribution < -0.4 is 0 Å². The maximum absolute atomic E-state index is 4.76. The summed E-state index contributed by atoms with van der Waals surface area (Å²) in [4.78, 5) is 2.49. The summed E-state index contributed by atoms with van der Waals surface area (Å²) in [5, 5.41) is 2.84. The maximum atomic E-state index is 4.76. The molecule has 0 aromatic carbocycles. The van der Waals surface area contributed by atoms with Crippen LogP contribution in [-0.4, -0.2) is 33.8 Å². The maximum Gasteiger partial charge on any atom is 0.0600 e. The molecule has 1 heterocycles. The first-order valence-corrected chi connectivity index (χ1v) is 5.72. The fourth-order valence-corrected chi connectivity index (χ4v) is 2.04. The van der Waals surface area contributed by atoms with Crippen LogP contribution in [0.3, 0.4) is 0 Å². The lowest BCUT2D eigenvalue weighted by Crippen LogP contribution is -2.34. The largest absolute Gasteiger partial charge is 0.302 e. The minimum atomic E-state index is 0.431. The van der Waals surface area contributed by atoms with Crippen molar-refractivity contribution in [2.24, 2.45) is 0 Å². The van der Waals surface area contributed by atoms with Gasteiger partial charge in [-0.1, -0.05) is 41.2 Å². The van der Waals surface area contributed by atoms with Crippen LogP contribution in [0.25, 0.3) is 0 Å². The highest BCUT2D eigenvalue weighted by Gasteiger charge is 2.12. The van der Waals surface area contributed by atoms with Gasteiger partial charge in [-0.2, -0.15) is 0 Å². The van der Waals surface area contributed by atoms with Crippen LogP contribution >= 0.6 is 34.8 Å². The molecular weight excluding hydrogens is 269 g/mol. The molecule has 0 aliphatic carbocycles. The standard InChI is InChI=1S/C8H13INS/c9-8(7-11)6-10-4-2-1-3-5-10/h8H,1-6H2. The van der Waals surface area contributed by atoms with Crippen LogP contribution in [0.1, 0.15) is 19.3 Å². The van der Waals surface area contributed by atoms with Crippen LogP contribution in [0.2, 0.25) is 0 Å². The molecule has 0 bridgehead atoms. The summed E-state index contributed by atoms with van der Waals surface area (Å²) in [5.41, 5.74) is 0. The van der Waals surface area contributed by atoms with Crippen LogP contribution in [0.4, 0.5) is 0 Å². The molecule has 1 radical (unpaired) electrons. The summed E-state index contributed by atoms with van der Waals surface area (Å²) in [6, 6.07) is 0. The fraction of sp³-hybridized carbons (Fsp3) is 0.875. The van der Waals surface area contributed by atoms with Gasteiger partial charge in [0.05, 0.1) is 3.92 Å². The molecule has 0 amide bonds. The van der Waals surface area contributed by atoms with Gasteiger partial charge in [-0.3, -0.25) is 0 Å². The predicted molar refractivity (Wildman–Crippen MR) is 60.7 cm³/mol. The molecule has 1 nitrogen and oxygen atoms in total. The van der Waals surface area contributed by atoms with Crippen molar-refractivity contribution < 1.29 is 0 Å². The van der Waals surface area contributed by atoms with Crippen molar-refractivity contribution in [3.8, 4) is 0 Å². The van der Waals surface area contributed by atoms with Gasteiger partial charge in [-0.05, 0) is 25.9 Å². The smallest absolute Gasteiger partial charge is 0.0600 e. The Morgan fingerprint density at radius 1 is 1.36 bits per heavy atom. The summed E-state index contributed by atoms with van der Waals surface area (Å²) in [6.07, 6.45) is 4.13. The number of rotatable bonds is 3. The second kappa shape index (κ2) is 5.43. The lowest BCUT2D eigenvalue weighted by molar-refractivity contribution is 0.239. The van der Waals surface area contributed by atoms with Crippen molar-refractivity contribution in [3.05, 3.63) is 0 Å². The number of hydrogen-bond donors (Lipinski definition) is 0. The van der Waals surface area contributed by atoms with Crippen molar-refractivity contribution >= 4 is 40.2 Å². The number of halogens is 1. The average Bonchev–Trinajstić information content (AvgIpc) is 2.06. The van der Waals surface area contributed by atoms with Crippen molar-refractivity contribution in [2.75, 3.05) is 19.6 Å². The van der Waals surface area contributed by atoms with Crippen LogP contribution in [0, 0.1) is 0 Å². The van der Waals surface area contributed by atoms with Crippen LogP contribution in [0.5, 0.6) is 0 Å². The van der Waals surface area contributed by atoms with E-state index in [0.717, 1.165) is 6.54 Å². The van der Waals surface area contributed by atoms with E-state index in [9.17, 15) is 0 Å². The lowest BCUT2D eigenvalue weighted by atomic mass is 10.1. The summed E-state index contributed by atoms with van der Waals surface area (Å²) in [5.74, 6) is 0. The topological polar surface area (TPSA) is 3.24 Å². The highest BCUT2D eigenvalue weighted by atomic mass is 127. The molecule has 0 aromatic heterocycles. The Labute approximate surface area is 87.7 Å². The highest BCUT2D eigenvalue weighted by Crippen LogP contribution is 2.10. The van der Waals surface area contributed by atoms with E-state index in [2.05, 4.69) is 32.9 Å². The predicted octanol–water partition coefficient (Wildman–Crippen LogP) is 2.15. The molecule has 11 heavy (non-hydrogen) atoms. The van der Waals surface area contributed by atoms with E-state index >= 15 is 0 Å². The Kier molecular flexibility index (Phi) is 4.87. The summed E-state index contributed by atoms with van der Waals surface area (Å²) in [7, 11) is 0. The Bertz CT molecular complexity index is 123. The van der Waals surface area contributed by atoms with E-state index < -0.39 is 0 Å². The summed E-state index contributed by atoms with van der Waals surface area (Å²) >= 11 is 7.11. The first-order valence-electron chi connectivity index (χ1n) is 4.07. The molecule has 1 unspecified atom stereocenters. The Morgan fingerprint density at radius 2 is 2.00 bits per heavy atom. The zero-order valence-electron chi connectivity index (χ0n) is 6.55. The molecule has 1 rings (SSSR count). The Morgan fingerprint density at radius 3 is 2.55 bits per heavy atom. The molecule has 0 N–H and O–H groups in total. The quantitative estimate of drug-likeness (QED) is 0.443. The van der Waals surface area contributed by atoms with Gasteiger partial charge in [-0.15, -0.1) is 0 Å². The number of likely N-dealkylation sites (tertiary alicyclic amines) is 1. The Hall–Kier alpha value is 0.780. The van der Waals surface area contributed by atoms with Gasteiger partial charge in [-0.25, -0.2) is 0 Å². The molecule has 0 saturated carbocycles. The lowest BCUT2D eigenvalue weighted by Gasteiger charge is -2.27. The van der Waals surface area contributed by atoms with Crippen molar-refractivity contribution in [1.82, 2.24) is 4.90 Å². The van der Waals surface area contributed by atoms with Gasteiger partial charge in [0.1, 0.15) is 0 Å². The second-order valence-electron chi connectivity index (χ2n) is 2.95. The highest BCUT2D eigenvalue weighted by molar-refractivity contribution is 14.1. The van der Waals surface area contributed by atoms with Gasteiger partial charge in [0.15, 0.2) is 0 Å². The average molecular weight is 282 g/mol. The molecule has 0 aromatic rings. The fourth-order valence-electron chi connectivity index (χ4n) is 1.41. The van der Waals surface area contributed by atoms with Crippen LogP contribution in [0.15, 0.2) is 0 Å². The number of nitrogens with zero attached hydrogens (tertiary/aromatic N) is 1. The van der Waals surface area contributed by atoms with E-state index in [0.29, 0.717) is 3.92 Å². The molecule has 63 valence electrons. The number of alkyl halides is 1. The zero-order valence-corrected chi connectivity index (χ0v) is 9.53. The van der Waals surface area contributed by atoms with E-state index in [-0.39, 0.29) is 0 Å². The van der Waals surface area contributed by atoms with Crippen molar-refractivity contribution in [3.63, 3.8) is 0 Å². The summed E-state index contributed by atoms with van der Waals surface area (Å²) < 4.78 is 0.431. The molecule has 1 aliphatic heterocycles. The van der Waals surface area contributed by atoms with Gasteiger partial charge < -0.3 is 4.90 Å². The van der Waals surface area contributed by atoms with E-state index in [4.69, 9.17) is 12.2 Å². The van der Waals surface area contributed by atoms with E-state index in [1.54, 1.807) is 0 Å². The molecule has 1 saturated heterocycles. The normalized spacial score (nSPS) is 23.0. The third-order valence-electron chi connectivity index (χ3n) is 2.00. The van der Waals surface area contributed by atoms with Crippen LogP contribution in [-0.2, 0) is 0 Å². The third-order valence-corrected chi connectivity index (χ3v) is 3.41. The molecule has 1 aliphatic rings. The SMILES string of the molecule is S=[C]C(I)CN1CCCCC1. The minimum absolute atomic E-state index is 0.431. The number of piperidine rings is 1. The van der Waals surface area contributed by atoms with E-state index in [1.165, 1.54) is 32.4 Å². The van der Waals surface area contributed by atoms with Gasteiger partial charge in [0, 0.05) is 11.9 Å². The van der Waals surface area contributed by atoms with Gasteiger partial charge >= 0.3 is 0 Å². The van der Waals surface area contributed by atoms with Gasteiger partial charge in [0.2, 0.25) is 0 Å². The van der Waals surface area contributed by atoms with Crippen molar-refractivity contribution in [1.29, 1.82) is 0 Å². The number of thiocarbonyl (C=S) groups is 1. The Balaban J connectivity index is 2.18. The number of hydrogen-bond acceptors (Lipinski definition) is 2. The van der Waals surface area contributed by atoms with Gasteiger partial charge in [0.25, 0.3) is 0 Å². The molecular formula is C8H13INS. The first kappa shape index (κ1) is 9.86. The molecule has 1 fully saturated rings.